The average Bonchev–Trinajstić information content (AvgIpc) is 2.64. The molecule has 1 aliphatic heterocycles. The lowest BCUT2D eigenvalue weighted by molar-refractivity contribution is -0.131. The fraction of sp³-hybridized carbons (Fsp3) is 0.933. The first-order valence-corrected chi connectivity index (χ1v) is 7.73. The number of hydrogen-bond donors (Lipinski definition) is 1. The van der Waals surface area contributed by atoms with Crippen molar-refractivity contribution >= 4 is 5.91 Å². The molecule has 100 valence electrons. The van der Waals surface area contributed by atoms with E-state index in [2.05, 4.69) is 10.2 Å². The van der Waals surface area contributed by atoms with Crippen LogP contribution >= 0.6 is 0 Å². The van der Waals surface area contributed by atoms with Crippen LogP contribution in [0.25, 0.3) is 0 Å². The molecule has 0 aromatic rings. The molecular formula is C15H24N2O. The second-order valence-electron chi connectivity index (χ2n) is 7.24. The maximum Gasteiger partial charge on any atom is 0.240 e. The topological polar surface area (TPSA) is 32.3 Å². The highest BCUT2D eigenvalue weighted by molar-refractivity contribution is 5.83. The van der Waals surface area contributed by atoms with E-state index in [1.165, 1.54) is 32.1 Å². The zero-order valence-corrected chi connectivity index (χ0v) is 11.3. The highest BCUT2D eigenvalue weighted by Crippen LogP contribution is 2.56. The number of carbonyl (C=O) groups excluding carboxylic acids is 1. The zero-order chi connectivity index (χ0) is 12.3. The summed E-state index contributed by atoms with van der Waals surface area (Å²) in [7, 11) is 0. The van der Waals surface area contributed by atoms with Gasteiger partial charge in [-0.15, -0.1) is 0 Å². The Morgan fingerprint density at radius 3 is 2.22 bits per heavy atom. The number of rotatable bonds is 2. The van der Waals surface area contributed by atoms with Gasteiger partial charge in [0.2, 0.25) is 5.91 Å². The summed E-state index contributed by atoms with van der Waals surface area (Å²) in [6, 6.07) is 0.0434. The van der Waals surface area contributed by atoms with Gasteiger partial charge >= 0.3 is 0 Å². The van der Waals surface area contributed by atoms with Gasteiger partial charge in [-0.25, -0.2) is 0 Å². The normalized spacial score (nSPS) is 50.3. The first-order valence-electron chi connectivity index (χ1n) is 7.73. The lowest BCUT2D eigenvalue weighted by atomic mass is 9.52. The van der Waals surface area contributed by atoms with E-state index >= 15 is 0 Å². The van der Waals surface area contributed by atoms with Crippen LogP contribution in [0, 0.1) is 29.6 Å². The van der Waals surface area contributed by atoms with Crippen molar-refractivity contribution in [3.63, 3.8) is 0 Å². The SMILES string of the molecule is CC1NCN(CC2C3CC4CC(C3)CC2C4)C1=O. The number of nitrogens with zero attached hydrogens (tertiary/aromatic N) is 1. The minimum absolute atomic E-state index is 0.0434. The lowest BCUT2D eigenvalue weighted by Crippen LogP contribution is -2.49. The molecule has 5 aliphatic rings. The standard InChI is InChI=1S/C15H24N2O/c1-9-15(18)17(8-16-9)7-14-12-3-10-2-11(5-12)6-13(14)4-10/h9-14,16H,2-8H2,1H3. The van der Waals surface area contributed by atoms with E-state index in [9.17, 15) is 4.79 Å². The molecule has 1 heterocycles. The molecule has 4 saturated carbocycles. The van der Waals surface area contributed by atoms with Gasteiger partial charge in [-0.2, -0.15) is 0 Å². The summed E-state index contributed by atoms with van der Waals surface area (Å²) < 4.78 is 0. The fourth-order valence-electron chi connectivity index (χ4n) is 5.43. The summed E-state index contributed by atoms with van der Waals surface area (Å²) >= 11 is 0. The van der Waals surface area contributed by atoms with E-state index in [-0.39, 0.29) is 6.04 Å². The Balaban J connectivity index is 1.47. The molecule has 0 spiro atoms. The summed E-state index contributed by atoms with van der Waals surface area (Å²) in [6.07, 6.45) is 7.36. The Morgan fingerprint density at radius 2 is 1.72 bits per heavy atom. The van der Waals surface area contributed by atoms with Crippen molar-refractivity contribution in [1.82, 2.24) is 10.2 Å². The van der Waals surface area contributed by atoms with Crippen LogP contribution in [-0.2, 0) is 4.79 Å². The van der Waals surface area contributed by atoms with Crippen molar-refractivity contribution in [2.24, 2.45) is 29.6 Å². The first kappa shape index (κ1) is 11.3. The van der Waals surface area contributed by atoms with Gasteiger partial charge in [0.25, 0.3) is 0 Å². The minimum atomic E-state index is 0.0434. The Morgan fingerprint density at radius 1 is 1.11 bits per heavy atom. The Hall–Kier alpha value is -0.570. The molecule has 5 fully saturated rings. The molecule has 5 rings (SSSR count). The van der Waals surface area contributed by atoms with E-state index in [0.717, 1.165) is 42.8 Å². The molecule has 3 heteroatoms. The molecule has 0 aromatic heterocycles. The third-order valence-corrected chi connectivity index (χ3v) is 6.12. The Kier molecular flexibility index (Phi) is 2.48. The molecule has 4 aliphatic carbocycles. The van der Waals surface area contributed by atoms with Gasteiger partial charge < -0.3 is 4.90 Å². The van der Waals surface area contributed by atoms with Gasteiger partial charge in [0.05, 0.1) is 12.7 Å². The second-order valence-corrected chi connectivity index (χ2v) is 7.24. The fourth-order valence-corrected chi connectivity index (χ4v) is 5.43. The maximum absolute atomic E-state index is 12.0. The molecule has 18 heavy (non-hydrogen) atoms. The highest BCUT2D eigenvalue weighted by Gasteiger charge is 2.49. The van der Waals surface area contributed by atoms with Crippen molar-refractivity contribution in [2.75, 3.05) is 13.2 Å². The van der Waals surface area contributed by atoms with Crippen LogP contribution in [0.1, 0.15) is 39.0 Å². The molecular weight excluding hydrogens is 224 g/mol. The van der Waals surface area contributed by atoms with Crippen molar-refractivity contribution in [2.45, 2.75) is 45.1 Å². The average molecular weight is 248 g/mol. The lowest BCUT2D eigenvalue weighted by Gasteiger charge is -2.55. The summed E-state index contributed by atoms with van der Waals surface area (Å²) in [5.41, 5.74) is 0. The van der Waals surface area contributed by atoms with Crippen LogP contribution in [0.4, 0.5) is 0 Å². The van der Waals surface area contributed by atoms with Crippen molar-refractivity contribution in [3.8, 4) is 0 Å². The van der Waals surface area contributed by atoms with Crippen LogP contribution in [-0.4, -0.2) is 30.1 Å². The third-order valence-electron chi connectivity index (χ3n) is 6.12. The van der Waals surface area contributed by atoms with Gasteiger partial charge in [-0.05, 0) is 68.6 Å². The molecule has 1 atom stereocenters. The van der Waals surface area contributed by atoms with Crippen LogP contribution < -0.4 is 5.32 Å². The number of hydrogen-bond acceptors (Lipinski definition) is 2. The summed E-state index contributed by atoms with van der Waals surface area (Å²) in [5, 5.41) is 3.27. The summed E-state index contributed by atoms with van der Waals surface area (Å²) in [5.74, 6) is 5.08. The molecule has 4 bridgehead atoms. The van der Waals surface area contributed by atoms with E-state index in [1.54, 1.807) is 0 Å². The largest absolute Gasteiger partial charge is 0.328 e. The monoisotopic (exact) mass is 248 g/mol. The third kappa shape index (κ3) is 1.63. The Bertz CT molecular complexity index is 340. The molecule has 1 unspecified atom stereocenters. The summed E-state index contributed by atoms with van der Waals surface area (Å²) in [4.78, 5) is 14.1. The molecule has 0 aromatic carbocycles. The Labute approximate surface area is 109 Å². The van der Waals surface area contributed by atoms with Crippen LogP contribution in [0.5, 0.6) is 0 Å². The van der Waals surface area contributed by atoms with E-state index in [1.807, 2.05) is 6.92 Å². The van der Waals surface area contributed by atoms with E-state index in [4.69, 9.17) is 0 Å². The zero-order valence-electron chi connectivity index (χ0n) is 11.3. The number of carbonyl (C=O) groups is 1. The van der Waals surface area contributed by atoms with Crippen LogP contribution in [0.15, 0.2) is 0 Å². The quantitative estimate of drug-likeness (QED) is 0.808. The minimum Gasteiger partial charge on any atom is -0.328 e. The summed E-state index contributed by atoms with van der Waals surface area (Å²) in [6.45, 7) is 3.80. The van der Waals surface area contributed by atoms with E-state index in [0.29, 0.717) is 5.91 Å². The molecule has 1 N–H and O–H groups in total. The van der Waals surface area contributed by atoms with Gasteiger partial charge in [0, 0.05) is 6.54 Å². The number of nitrogens with one attached hydrogen (secondary N) is 1. The molecule has 3 nitrogen and oxygen atoms in total. The molecule has 0 radical (unpaired) electrons. The van der Waals surface area contributed by atoms with Gasteiger partial charge in [-0.1, -0.05) is 0 Å². The first-order chi connectivity index (χ1) is 8.70. The molecule has 1 amide bonds. The molecule has 1 saturated heterocycles. The van der Waals surface area contributed by atoms with Gasteiger partial charge in [-0.3, -0.25) is 10.1 Å². The van der Waals surface area contributed by atoms with Gasteiger partial charge in [0.15, 0.2) is 0 Å². The predicted octanol–water partition coefficient (Wildman–Crippen LogP) is 1.84. The van der Waals surface area contributed by atoms with Crippen molar-refractivity contribution < 1.29 is 4.79 Å². The smallest absolute Gasteiger partial charge is 0.240 e. The number of amides is 1. The predicted molar refractivity (Wildman–Crippen MR) is 69.7 cm³/mol. The van der Waals surface area contributed by atoms with Crippen LogP contribution in [0.2, 0.25) is 0 Å². The van der Waals surface area contributed by atoms with Crippen LogP contribution in [0.3, 0.4) is 0 Å². The van der Waals surface area contributed by atoms with E-state index < -0.39 is 0 Å². The highest BCUT2D eigenvalue weighted by atomic mass is 16.2. The van der Waals surface area contributed by atoms with Crippen molar-refractivity contribution in [3.05, 3.63) is 0 Å². The van der Waals surface area contributed by atoms with Gasteiger partial charge in [0.1, 0.15) is 0 Å². The van der Waals surface area contributed by atoms with Crippen molar-refractivity contribution in [1.29, 1.82) is 0 Å². The maximum atomic E-state index is 12.0. The second kappa shape index (κ2) is 3.96.